The first-order chi connectivity index (χ1) is 17.5. The minimum Gasteiger partial charge on any atom is -0.496 e. The summed E-state index contributed by atoms with van der Waals surface area (Å²) < 4.78 is 12.9. The zero-order chi connectivity index (χ0) is 25.1. The zero-order valence-corrected chi connectivity index (χ0v) is 21.8. The summed E-state index contributed by atoms with van der Waals surface area (Å²) in [5.41, 5.74) is 6.27. The number of pyridine rings is 1. The molecular weight excluding hydrogens is 472 g/mol. The Kier molecular flexibility index (Phi) is 7.35. The van der Waals surface area contributed by atoms with Crippen molar-refractivity contribution in [3.8, 4) is 22.8 Å². The van der Waals surface area contributed by atoms with Crippen molar-refractivity contribution in [2.75, 3.05) is 19.5 Å². The van der Waals surface area contributed by atoms with Crippen LogP contribution in [-0.4, -0.2) is 35.7 Å². The fourth-order valence-electron chi connectivity index (χ4n) is 5.02. The molecule has 0 bridgehead atoms. The summed E-state index contributed by atoms with van der Waals surface area (Å²) >= 11 is 6.38. The second-order valence-electron chi connectivity index (χ2n) is 9.56. The van der Waals surface area contributed by atoms with Crippen molar-refractivity contribution < 1.29 is 9.47 Å². The van der Waals surface area contributed by atoms with Crippen LogP contribution in [0.15, 0.2) is 60.9 Å². The van der Waals surface area contributed by atoms with Gasteiger partial charge in [0.05, 0.1) is 24.9 Å². The molecule has 5 rings (SSSR count). The summed E-state index contributed by atoms with van der Waals surface area (Å²) in [5, 5.41) is 8.00. The van der Waals surface area contributed by atoms with Crippen LogP contribution in [0.3, 0.4) is 0 Å². The van der Waals surface area contributed by atoms with Gasteiger partial charge in [0.2, 0.25) is 0 Å². The SMILES string of the molecule is COc1cc(OC)c(-c2cn3ccc(NC4CCC(NCc5cccc(C)c5)CC4)cc3n2)cc1Cl. The molecule has 0 saturated heterocycles. The number of nitrogens with one attached hydrogen (secondary N) is 2. The van der Waals surface area contributed by atoms with Gasteiger partial charge in [0, 0.05) is 54.4 Å². The Bertz CT molecular complexity index is 1340. The first-order valence-corrected chi connectivity index (χ1v) is 12.9. The number of ether oxygens (including phenoxy) is 2. The first kappa shape index (κ1) is 24.5. The van der Waals surface area contributed by atoms with Gasteiger partial charge in [-0.05, 0) is 50.3 Å². The number of nitrogens with zero attached hydrogens (tertiary/aromatic N) is 2. The average molecular weight is 505 g/mol. The van der Waals surface area contributed by atoms with E-state index in [-0.39, 0.29) is 0 Å². The van der Waals surface area contributed by atoms with Crippen molar-refractivity contribution in [2.24, 2.45) is 0 Å². The van der Waals surface area contributed by atoms with E-state index in [0.29, 0.717) is 28.6 Å². The van der Waals surface area contributed by atoms with E-state index in [4.69, 9.17) is 26.1 Å². The van der Waals surface area contributed by atoms with Crippen LogP contribution < -0.4 is 20.1 Å². The van der Waals surface area contributed by atoms with E-state index in [1.54, 1.807) is 20.3 Å². The van der Waals surface area contributed by atoms with Crippen molar-refractivity contribution in [3.05, 3.63) is 77.1 Å². The van der Waals surface area contributed by atoms with Crippen LogP contribution in [0, 0.1) is 6.92 Å². The maximum absolute atomic E-state index is 6.38. The van der Waals surface area contributed by atoms with Crippen molar-refractivity contribution >= 4 is 22.9 Å². The second-order valence-corrected chi connectivity index (χ2v) is 9.96. The highest BCUT2D eigenvalue weighted by molar-refractivity contribution is 6.32. The van der Waals surface area contributed by atoms with Crippen LogP contribution >= 0.6 is 11.6 Å². The lowest BCUT2D eigenvalue weighted by Crippen LogP contribution is -2.36. The number of hydrogen-bond donors (Lipinski definition) is 2. The molecule has 1 fully saturated rings. The third-order valence-corrected chi connectivity index (χ3v) is 7.28. The Morgan fingerprint density at radius 1 is 0.972 bits per heavy atom. The highest BCUT2D eigenvalue weighted by atomic mass is 35.5. The van der Waals surface area contributed by atoms with Crippen LogP contribution in [0.2, 0.25) is 5.02 Å². The molecule has 1 aliphatic carbocycles. The Morgan fingerprint density at radius 2 is 1.75 bits per heavy atom. The zero-order valence-electron chi connectivity index (χ0n) is 21.1. The van der Waals surface area contributed by atoms with Gasteiger partial charge in [0.1, 0.15) is 17.1 Å². The standard InChI is InChI=1S/C29H33ClN4O2/c1-19-5-4-6-20(13-19)17-31-21-7-9-22(10-8-21)32-23-11-12-34-18-26(33-29(34)14-23)24-15-25(30)28(36-3)16-27(24)35-2/h4-6,11-16,18,21-22,31-32H,7-10,17H2,1-3H3. The van der Waals surface area contributed by atoms with Gasteiger partial charge >= 0.3 is 0 Å². The van der Waals surface area contributed by atoms with Crippen molar-refractivity contribution in [1.82, 2.24) is 14.7 Å². The van der Waals surface area contributed by atoms with E-state index < -0.39 is 0 Å². The third kappa shape index (κ3) is 5.45. The Balaban J connectivity index is 1.22. The minimum atomic E-state index is 0.472. The molecule has 2 aromatic carbocycles. The molecule has 188 valence electrons. The van der Waals surface area contributed by atoms with Crippen molar-refractivity contribution in [3.63, 3.8) is 0 Å². The Morgan fingerprint density at radius 3 is 2.50 bits per heavy atom. The molecule has 0 unspecified atom stereocenters. The highest BCUT2D eigenvalue weighted by Crippen LogP contribution is 2.38. The number of halogens is 1. The van der Waals surface area contributed by atoms with Crippen LogP contribution in [0.5, 0.6) is 11.5 Å². The maximum atomic E-state index is 6.38. The number of anilines is 1. The summed E-state index contributed by atoms with van der Waals surface area (Å²) in [7, 11) is 3.23. The van der Waals surface area contributed by atoms with E-state index in [9.17, 15) is 0 Å². The van der Waals surface area contributed by atoms with Crippen LogP contribution in [-0.2, 0) is 6.54 Å². The van der Waals surface area contributed by atoms with Gasteiger partial charge in [-0.25, -0.2) is 4.98 Å². The molecule has 1 saturated carbocycles. The quantitative estimate of drug-likeness (QED) is 0.287. The smallest absolute Gasteiger partial charge is 0.141 e. The fourth-order valence-corrected chi connectivity index (χ4v) is 5.26. The number of rotatable bonds is 8. The van der Waals surface area contributed by atoms with Gasteiger partial charge in [-0.1, -0.05) is 41.4 Å². The molecule has 36 heavy (non-hydrogen) atoms. The lowest BCUT2D eigenvalue weighted by Gasteiger charge is -2.30. The fraction of sp³-hybridized carbons (Fsp3) is 0.345. The molecule has 6 nitrogen and oxygen atoms in total. The minimum absolute atomic E-state index is 0.472. The van der Waals surface area contributed by atoms with Gasteiger partial charge in [0.25, 0.3) is 0 Å². The molecule has 0 atom stereocenters. The van der Waals surface area contributed by atoms with Gasteiger partial charge in [-0.3, -0.25) is 0 Å². The molecule has 7 heteroatoms. The summed E-state index contributed by atoms with van der Waals surface area (Å²) in [6, 6.07) is 17.6. The number of fused-ring (bicyclic) bond motifs is 1. The highest BCUT2D eigenvalue weighted by Gasteiger charge is 2.21. The predicted molar refractivity (Wildman–Crippen MR) is 146 cm³/mol. The number of aryl methyl sites for hydroxylation is 1. The van der Waals surface area contributed by atoms with Gasteiger partial charge < -0.3 is 24.5 Å². The van der Waals surface area contributed by atoms with E-state index in [2.05, 4.69) is 54.0 Å². The van der Waals surface area contributed by atoms with E-state index in [1.165, 1.54) is 24.0 Å². The van der Waals surface area contributed by atoms with Gasteiger partial charge in [-0.15, -0.1) is 0 Å². The number of aromatic nitrogens is 2. The lowest BCUT2D eigenvalue weighted by atomic mass is 9.91. The van der Waals surface area contributed by atoms with Gasteiger partial charge in [-0.2, -0.15) is 0 Å². The maximum Gasteiger partial charge on any atom is 0.141 e. The summed E-state index contributed by atoms with van der Waals surface area (Å²) in [6.45, 7) is 3.08. The molecule has 0 amide bonds. The van der Waals surface area contributed by atoms with E-state index in [1.807, 2.05) is 22.9 Å². The molecule has 2 aromatic heterocycles. The molecule has 1 aliphatic rings. The Labute approximate surface area is 217 Å². The monoisotopic (exact) mass is 504 g/mol. The lowest BCUT2D eigenvalue weighted by molar-refractivity contribution is 0.353. The molecule has 0 spiro atoms. The van der Waals surface area contributed by atoms with Gasteiger partial charge in [0.15, 0.2) is 0 Å². The Hall–Kier alpha value is -3.22. The molecule has 2 heterocycles. The molecule has 0 aliphatic heterocycles. The van der Waals surface area contributed by atoms with Crippen molar-refractivity contribution in [2.45, 2.75) is 51.2 Å². The number of benzene rings is 2. The molecule has 4 aromatic rings. The van der Waals surface area contributed by atoms with E-state index >= 15 is 0 Å². The summed E-state index contributed by atoms with van der Waals surface area (Å²) in [4.78, 5) is 4.85. The third-order valence-electron chi connectivity index (χ3n) is 6.99. The van der Waals surface area contributed by atoms with Crippen LogP contribution in [0.4, 0.5) is 5.69 Å². The summed E-state index contributed by atoms with van der Waals surface area (Å²) in [6.07, 6.45) is 8.69. The first-order valence-electron chi connectivity index (χ1n) is 12.5. The molecule has 2 N–H and O–H groups in total. The average Bonchev–Trinajstić information content (AvgIpc) is 3.31. The molecule has 0 radical (unpaired) electrons. The predicted octanol–water partition coefficient (Wildman–Crippen LogP) is 6.49. The molecular formula is C29H33ClN4O2. The topological polar surface area (TPSA) is 59.8 Å². The normalized spacial score (nSPS) is 17.8. The second kappa shape index (κ2) is 10.8. The number of methoxy groups -OCH3 is 2. The largest absolute Gasteiger partial charge is 0.496 e. The van der Waals surface area contributed by atoms with Crippen LogP contribution in [0.1, 0.15) is 36.8 Å². The van der Waals surface area contributed by atoms with Crippen LogP contribution in [0.25, 0.3) is 16.9 Å². The van der Waals surface area contributed by atoms with Crippen molar-refractivity contribution in [1.29, 1.82) is 0 Å². The van der Waals surface area contributed by atoms with E-state index in [0.717, 1.165) is 42.0 Å². The number of hydrogen-bond acceptors (Lipinski definition) is 5. The summed E-state index contributed by atoms with van der Waals surface area (Å²) in [5.74, 6) is 1.25. The number of imidazole rings is 1.